The monoisotopic (exact) mass is 568 g/mol. The maximum atomic E-state index is 13.8. The molecule has 4 aliphatic heterocycles. The highest BCUT2D eigenvalue weighted by atomic mass is 16.5. The molecular formula is C30H44N6O5. The van der Waals surface area contributed by atoms with Gasteiger partial charge in [0.2, 0.25) is 11.8 Å². The second kappa shape index (κ2) is 12.9. The Kier molecular flexibility index (Phi) is 9.25. The summed E-state index contributed by atoms with van der Waals surface area (Å²) in [5, 5.41) is 2.96. The Morgan fingerprint density at radius 2 is 1.63 bits per heavy atom. The van der Waals surface area contributed by atoms with E-state index in [9.17, 15) is 19.2 Å². The normalized spacial score (nSPS) is 24.6. The van der Waals surface area contributed by atoms with Crippen molar-refractivity contribution in [2.24, 2.45) is 5.92 Å². The van der Waals surface area contributed by atoms with Gasteiger partial charge in [0.05, 0.1) is 32.3 Å². The number of hydrogen-bond acceptors (Lipinski definition) is 8. The zero-order chi connectivity index (χ0) is 29.1. The number of benzene rings is 1. The maximum absolute atomic E-state index is 13.8. The summed E-state index contributed by atoms with van der Waals surface area (Å²) in [6, 6.07) is 5.74. The molecule has 4 heterocycles. The summed E-state index contributed by atoms with van der Waals surface area (Å²) in [7, 11) is 2.07. The van der Waals surface area contributed by atoms with E-state index in [-0.39, 0.29) is 42.0 Å². The van der Waals surface area contributed by atoms with E-state index in [0.29, 0.717) is 44.7 Å². The molecule has 0 spiro atoms. The van der Waals surface area contributed by atoms with Gasteiger partial charge < -0.3 is 29.7 Å². The standard InChI is InChI=1S/C30H44N6O5/c1-21(2)18-24(31-29(39)22-4-6-23(7-5-22)34-14-16-41-17-15-34)30(40)35-9-8-25-28(35)26(37)19-36(25)27(38)20-33-12-10-32(3)11-13-33/h4-7,21,24-25,28H,8-20H2,1-3H3,(H,31,39). The summed E-state index contributed by atoms with van der Waals surface area (Å²) in [5.41, 5.74) is 1.52. The van der Waals surface area contributed by atoms with Crippen LogP contribution in [0.5, 0.6) is 0 Å². The van der Waals surface area contributed by atoms with E-state index in [2.05, 4.69) is 27.1 Å². The Labute approximate surface area is 242 Å². The number of ether oxygens (including phenoxy) is 1. The number of fused-ring (bicyclic) bond motifs is 1. The summed E-state index contributed by atoms with van der Waals surface area (Å²) < 4.78 is 5.42. The van der Waals surface area contributed by atoms with Gasteiger partial charge in [0.15, 0.2) is 5.78 Å². The van der Waals surface area contributed by atoms with Crippen molar-refractivity contribution in [3.8, 4) is 0 Å². The summed E-state index contributed by atoms with van der Waals surface area (Å²) in [4.78, 5) is 63.4. The summed E-state index contributed by atoms with van der Waals surface area (Å²) in [6.07, 6.45) is 1.03. The van der Waals surface area contributed by atoms with Crippen molar-refractivity contribution in [2.75, 3.05) is 84.1 Å². The minimum absolute atomic E-state index is 0.0440. The van der Waals surface area contributed by atoms with Crippen LogP contribution in [0.3, 0.4) is 0 Å². The molecule has 0 aliphatic carbocycles. The number of piperazine rings is 1. The minimum Gasteiger partial charge on any atom is -0.378 e. The largest absolute Gasteiger partial charge is 0.378 e. The molecule has 4 aliphatic rings. The number of rotatable bonds is 8. The summed E-state index contributed by atoms with van der Waals surface area (Å²) in [5.74, 6) is -0.535. The van der Waals surface area contributed by atoms with Gasteiger partial charge in [-0.3, -0.25) is 24.1 Å². The van der Waals surface area contributed by atoms with Gasteiger partial charge in [-0.25, -0.2) is 0 Å². The average molecular weight is 569 g/mol. The third-order valence-corrected chi connectivity index (χ3v) is 8.80. The molecule has 3 atom stereocenters. The van der Waals surface area contributed by atoms with E-state index in [1.165, 1.54) is 0 Å². The first-order valence-electron chi connectivity index (χ1n) is 15.0. The van der Waals surface area contributed by atoms with E-state index < -0.39 is 12.1 Å². The van der Waals surface area contributed by atoms with Crippen LogP contribution in [0, 0.1) is 5.92 Å². The molecule has 3 unspecified atom stereocenters. The third kappa shape index (κ3) is 6.73. The summed E-state index contributed by atoms with van der Waals surface area (Å²) >= 11 is 0. The van der Waals surface area contributed by atoms with E-state index in [4.69, 9.17) is 4.74 Å². The zero-order valence-electron chi connectivity index (χ0n) is 24.6. The van der Waals surface area contributed by atoms with Gasteiger partial charge in [-0.1, -0.05) is 13.8 Å². The number of amides is 3. The Hall–Kier alpha value is -3.02. The topological polar surface area (TPSA) is 106 Å². The highest BCUT2D eigenvalue weighted by Gasteiger charge is 2.52. The maximum Gasteiger partial charge on any atom is 0.251 e. The number of nitrogens with one attached hydrogen (secondary N) is 1. The fraction of sp³-hybridized carbons (Fsp3) is 0.667. The predicted octanol–water partition coefficient (Wildman–Crippen LogP) is 0.296. The second-order valence-electron chi connectivity index (χ2n) is 12.2. The molecule has 0 radical (unpaired) electrons. The predicted molar refractivity (Wildman–Crippen MR) is 155 cm³/mol. The van der Waals surface area contributed by atoms with Crippen LogP contribution in [-0.2, 0) is 19.1 Å². The minimum atomic E-state index is -0.747. The molecule has 11 heteroatoms. The number of likely N-dealkylation sites (tertiary alicyclic amines) is 2. The second-order valence-corrected chi connectivity index (χ2v) is 12.2. The molecule has 3 amide bonds. The Balaban J connectivity index is 1.22. The molecule has 0 bridgehead atoms. The third-order valence-electron chi connectivity index (χ3n) is 8.80. The Bertz CT molecular complexity index is 1110. The molecule has 4 saturated heterocycles. The van der Waals surface area contributed by atoms with Gasteiger partial charge in [0, 0.05) is 57.1 Å². The molecular weight excluding hydrogens is 524 g/mol. The number of morpholine rings is 1. The number of carbonyl (C=O) groups excluding carboxylic acids is 4. The van der Waals surface area contributed by atoms with Crippen molar-refractivity contribution in [1.82, 2.24) is 24.9 Å². The van der Waals surface area contributed by atoms with Crippen molar-refractivity contribution < 1.29 is 23.9 Å². The molecule has 5 rings (SSSR count). The van der Waals surface area contributed by atoms with E-state index in [1.54, 1.807) is 21.9 Å². The Morgan fingerprint density at radius 3 is 2.29 bits per heavy atom. The molecule has 41 heavy (non-hydrogen) atoms. The molecule has 4 fully saturated rings. The molecule has 224 valence electrons. The lowest BCUT2D eigenvalue weighted by Gasteiger charge is -2.33. The molecule has 1 aromatic rings. The van der Waals surface area contributed by atoms with Gasteiger partial charge in [-0.15, -0.1) is 0 Å². The fourth-order valence-corrected chi connectivity index (χ4v) is 6.46. The first-order valence-corrected chi connectivity index (χ1v) is 15.0. The van der Waals surface area contributed by atoms with Gasteiger partial charge in [-0.05, 0) is 50.1 Å². The first kappa shape index (κ1) is 29.5. The molecule has 11 nitrogen and oxygen atoms in total. The van der Waals surface area contributed by atoms with Crippen LogP contribution in [0.4, 0.5) is 5.69 Å². The van der Waals surface area contributed by atoms with Crippen LogP contribution in [0.1, 0.15) is 37.0 Å². The van der Waals surface area contributed by atoms with Crippen molar-refractivity contribution in [3.05, 3.63) is 29.8 Å². The number of Topliss-reactive ketones (excluding diaryl/α,β-unsaturated/α-hetero) is 1. The quantitative estimate of drug-likeness (QED) is 0.478. The number of ketones is 1. The number of likely N-dealkylation sites (N-methyl/N-ethyl adjacent to an activating group) is 1. The van der Waals surface area contributed by atoms with Crippen LogP contribution in [0.2, 0.25) is 0 Å². The van der Waals surface area contributed by atoms with Crippen molar-refractivity contribution in [1.29, 1.82) is 0 Å². The lowest BCUT2D eigenvalue weighted by atomic mass is 10.0. The summed E-state index contributed by atoms with van der Waals surface area (Å²) in [6.45, 7) is 11.2. The smallest absolute Gasteiger partial charge is 0.251 e. The lowest BCUT2D eigenvalue weighted by molar-refractivity contribution is -0.138. The van der Waals surface area contributed by atoms with E-state index >= 15 is 0 Å². The molecule has 1 N–H and O–H groups in total. The van der Waals surface area contributed by atoms with Crippen molar-refractivity contribution in [2.45, 2.75) is 44.8 Å². The van der Waals surface area contributed by atoms with Crippen molar-refractivity contribution in [3.63, 3.8) is 0 Å². The fourth-order valence-electron chi connectivity index (χ4n) is 6.46. The average Bonchev–Trinajstić information content (AvgIpc) is 3.55. The van der Waals surface area contributed by atoms with Gasteiger partial charge >= 0.3 is 0 Å². The number of carbonyl (C=O) groups is 4. The number of hydrogen-bond donors (Lipinski definition) is 1. The SMILES string of the molecule is CC(C)CC(NC(=O)c1ccc(N2CCOCC2)cc1)C(=O)N1CCC2C1C(=O)CN2C(=O)CN1CCN(C)CC1. The molecule has 0 saturated carbocycles. The lowest BCUT2D eigenvalue weighted by Crippen LogP contribution is -2.53. The van der Waals surface area contributed by atoms with Gasteiger partial charge in [0.1, 0.15) is 12.1 Å². The van der Waals surface area contributed by atoms with Gasteiger partial charge in [0.25, 0.3) is 5.91 Å². The molecule has 0 aromatic heterocycles. The van der Waals surface area contributed by atoms with Crippen LogP contribution in [0.25, 0.3) is 0 Å². The zero-order valence-corrected chi connectivity index (χ0v) is 24.6. The van der Waals surface area contributed by atoms with E-state index in [0.717, 1.165) is 45.0 Å². The van der Waals surface area contributed by atoms with E-state index in [1.807, 2.05) is 26.0 Å². The van der Waals surface area contributed by atoms with Crippen LogP contribution >= 0.6 is 0 Å². The number of nitrogens with zero attached hydrogens (tertiary/aromatic N) is 5. The van der Waals surface area contributed by atoms with Gasteiger partial charge in [-0.2, -0.15) is 0 Å². The van der Waals surface area contributed by atoms with Crippen LogP contribution in [-0.4, -0.2) is 140 Å². The number of anilines is 1. The van der Waals surface area contributed by atoms with Crippen molar-refractivity contribution >= 4 is 29.2 Å². The molecule has 1 aromatic carbocycles. The first-order chi connectivity index (χ1) is 19.7. The highest BCUT2D eigenvalue weighted by molar-refractivity contribution is 6.01. The Morgan fingerprint density at radius 1 is 0.951 bits per heavy atom. The van der Waals surface area contributed by atoms with Crippen LogP contribution in [0.15, 0.2) is 24.3 Å². The highest BCUT2D eigenvalue weighted by Crippen LogP contribution is 2.31. The van der Waals surface area contributed by atoms with Crippen LogP contribution < -0.4 is 10.2 Å².